The van der Waals surface area contributed by atoms with Crippen LogP contribution in [0.4, 0.5) is 5.00 Å². The number of hydrogen-bond acceptors (Lipinski definition) is 6. The Morgan fingerprint density at radius 3 is 2.72 bits per heavy atom. The van der Waals surface area contributed by atoms with Crippen LogP contribution in [0, 0.1) is 0 Å². The number of carbonyl (C=O) groups excluding carboxylic acids is 3. The van der Waals surface area contributed by atoms with E-state index in [-0.39, 0.29) is 6.42 Å². The van der Waals surface area contributed by atoms with E-state index in [9.17, 15) is 14.4 Å². The summed E-state index contributed by atoms with van der Waals surface area (Å²) in [5.74, 6) is -0.822. The smallest absolute Gasteiger partial charge is 0.306 e. The van der Waals surface area contributed by atoms with E-state index in [0.717, 1.165) is 35.3 Å². The average molecular weight is 416 g/mol. The van der Waals surface area contributed by atoms with E-state index >= 15 is 0 Å². The Morgan fingerprint density at radius 2 is 2.00 bits per heavy atom. The van der Waals surface area contributed by atoms with Crippen LogP contribution in [-0.4, -0.2) is 31.0 Å². The molecular formula is C21H24N2O5S. The zero-order valence-corrected chi connectivity index (χ0v) is 17.3. The molecule has 0 saturated heterocycles. The molecule has 3 rings (SSSR count). The molecule has 8 heteroatoms. The van der Waals surface area contributed by atoms with Crippen LogP contribution in [-0.2, 0) is 33.6 Å². The van der Waals surface area contributed by atoms with Gasteiger partial charge in [-0.3, -0.25) is 14.4 Å². The minimum absolute atomic E-state index is 0.123. The van der Waals surface area contributed by atoms with Crippen molar-refractivity contribution in [2.24, 2.45) is 5.73 Å². The van der Waals surface area contributed by atoms with Gasteiger partial charge in [0.2, 0.25) is 0 Å². The molecule has 0 fully saturated rings. The molecule has 154 valence electrons. The second-order valence-electron chi connectivity index (χ2n) is 6.86. The molecule has 29 heavy (non-hydrogen) atoms. The van der Waals surface area contributed by atoms with E-state index < -0.39 is 23.9 Å². The summed E-state index contributed by atoms with van der Waals surface area (Å²) in [6, 6.07) is 7.43. The summed E-state index contributed by atoms with van der Waals surface area (Å²) in [4.78, 5) is 37.5. The minimum atomic E-state index is -0.988. The molecule has 3 N–H and O–H groups in total. The van der Waals surface area contributed by atoms with Gasteiger partial charge < -0.3 is 20.5 Å². The predicted molar refractivity (Wildman–Crippen MR) is 110 cm³/mol. The largest absolute Gasteiger partial charge is 0.496 e. The van der Waals surface area contributed by atoms with Crippen molar-refractivity contribution in [3.05, 3.63) is 45.8 Å². The Kier molecular flexibility index (Phi) is 6.53. The third-order valence-electron chi connectivity index (χ3n) is 4.87. The second kappa shape index (κ2) is 9.09. The SMILES string of the molecule is COc1ccccc1CCC(=O)O[C@H](C)C(=O)Nc1sc2c(c1C(N)=O)CCC2. The Balaban J connectivity index is 1.57. The zero-order valence-electron chi connectivity index (χ0n) is 16.4. The number of benzene rings is 1. The number of amides is 2. The molecule has 0 unspecified atom stereocenters. The van der Waals surface area contributed by atoms with E-state index in [1.807, 2.05) is 24.3 Å². The molecule has 0 saturated carbocycles. The molecular weight excluding hydrogens is 392 g/mol. The summed E-state index contributed by atoms with van der Waals surface area (Å²) in [6.07, 6.45) is 2.23. The van der Waals surface area contributed by atoms with Gasteiger partial charge in [0.05, 0.1) is 12.7 Å². The van der Waals surface area contributed by atoms with Crippen molar-refractivity contribution in [1.82, 2.24) is 0 Å². The highest BCUT2D eigenvalue weighted by Gasteiger charge is 2.27. The van der Waals surface area contributed by atoms with Crippen LogP contribution in [0.25, 0.3) is 0 Å². The molecule has 7 nitrogen and oxygen atoms in total. The number of fused-ring (bicyclic) bond motifs is 1. The van der Waals surface area contributed by atoms with Crippen molar-refractivity contribution >= 4 is 34.1 Å². The van der Waals surface area contributed by atoms with Crippen LogP contribution in [0.1, 0.15) is 46.1 Å². The lowest BCUT2D eigenvalue weighted by atomic mass is 10.1. The van der Waals surface area contributed by atoms with Crippen LogP contribution in [0.2, 0.25) is 0 Å². The van der Waals surface area contributed by atoms with Gasteiger partial charge in [0.25, 0.3) is 11.8 Å². The van der Waals surface area contributed by atoms with E-state index in [1.165, 1.54) is 18.3 Å². The normalized spacial score (nSPS) is 13.4. The first-order valence-corrected chi connectivity index (χ1v) is 10.3. The fourth-order valence-corrected chi connectivity index (χ4v) is 4.72. The monoisotopic (exact) mass is 416 g/mol. The van der Waals surface area contributed by atoms with Crippen LogP contribution in [0.3, 0.4) is 0 Å². The molecule has 0 spiro atoms. The van der Waals surface area contributed by atoms with Gasteiger partial charge in [-0.25, -0.2) is 0 Å². The predicted octanol–water partition coefficient (Wildman–Crippen LogP) is 2.85. The Bertz CT molecular complexity index is 937. The minimum Gasteiger partial charge on any atom is -0.496 e. The quantitative estimate of drug-likeness (QED) is 0.644. The third kappa shape index (κ3) is 4.76. The molecule has 1 aliphatic carbocycles. The Hall–Kier alpha value is -2.87. The lowest BCUT2D eigenvalue weighted by Crippen LogP contribution is -2.30. The van der Waals surface area contributed by atoms with E-state index in [0.29, 0.717) is 22.7 Å². The lowest BCUT2D eigenvalue weighted by molar-refractivity contribution is -0.153. The first-order chi connectivity index (χ1) is 13.9. The number of nitrogens with two attached hydrogens (primary N) is 1. The molecule has 2 amide bonds. The number of aryl methyl sites for hydroxylation is 2. The average Bonchev–Trinajstić information content (AvgIpc) is 3.26. The fraction of sp³-hybridized carbons (Fsp3) is 0.381. The zero-order chi connectivity index (χ0) is 21.0. The summed E-state index contributed by atoms with van der Waals surface area (Å²) in [7, 11) is 1.57. The number of hydrogen-bond donors (Lipinski definition) is 2. The molecule has 0 bridgehead atoms. The topological polar surface area (TPSA) is 108 Å². The van der Waals surface area contributed by atoms with E-state index in [1.54, 1.807) is 7.11 Å². The van der Waals surface area contributed by atoms with Gasteiger partial charge in [-0.1, -0.05) is 18.2 Å². The van der Waals surface area contributed by atoms with Gasteiger partial charge in [0.1, 0.15) is 10.8 Å². The van der Waals surface area contributed by atoms with Crippen molar-refractivity contribution in [2.45, 2.75) is 45.1 Å². The number of ether oxygens (including phenoxy) is 2. The molecule has 2 aromatic rings. The maximum Gasteiger partial charge on any atom is 0.306 e. The van der Waals surface area contributed by atoms with Gasteiger partial charge in [-0.05, 0) is 49.8 Å². The van der Waals surface area contributed by atoms with Gasteiger partial charge in [0, 0.05) is 11.3 Å². The highest BCUT2D eigenvalue weighted by molar-refractivity contribution is 7.17. The highest BCUT2D eigenvalue weighted by atomic mass is 32.1. The lowest BCUT2D eigenvalue weighted by Gasteiger charge is -2.14. The maximum absolute atomic E-state index is 12.5. The Labute approximate surface area is 173 Å². The molecule has 1 aromatic heterocycles. The summed E-state index contributed by atoms with van der Waals surface area (Å²) < 4.78 is 10.5. The van der Waals surface area contributed by atoms with Crippen LogP contribution >= 0.6 is 11.3 Å². The number of rotatable bonds is 8. The van der Waals surface area contributed by atoms with Crippen LogP contribution in [0.15, 0.2) is 24.3 Å². The van der Waals surface area contributed by atoms with Gasteiger partial charge in [-0.15, -0.1) is 11.3 Å². The third-order valence-corrected chi connectivity index (χ3v) is 6.08. The van der Waals surface area contributed by atoms with E-state index in [2.05, 4.69) is 5.32 Å². The number of methoxy groups -OCH3 is 1. The molecule has 1 atom stereocenters. The summed E-state index contributed by atoms with van der Waals surface area (Å²) >= 11 is 1.37. The number of carbonyl (C=O) groups is 3. The van der Waals surface area contributed by atoms with Gasteiger partial charge in [0.15, 0.2) is 6.10 Å². The van der Waals surface area contributed by atoms with Gasteiger partial charge >= 0.3 is 5.97 Å². The standard InChI is InChI=1S/C21H24N2O5S/c1-12(28-17(24)11-10-13-6-3-4-8-15(13)27-2)20(26)23-21-18(19(22)25)14-7-5-9-16(14)29-21/h3-4,6,8,12H,5,7,9-11H2,1-2H3,(H2,22,25)(H,23,26)/t12-/m1/s1. The van der Waals surface area contributed by atoms with Crippen LogP contribution in [0.5, 0.6) is 5.75 Å². The maximum atomic E-state index is 12.5. The number of anilines is 1. The number of thiophene rings is 1. The second-order valence-corrected chi connectivity index (χ2v) is 7.96. The molecule has 0 aliphatic heterocycles. The van der Waals surface area contributed by atoms with Crippen molar-refractivity contribution in [3.63, 3.8) is 0 Å². The first kappa shape index (κ1) is 20.9. The molecule has 1 heterocycles. The van der Waals surface area contributed by atoms with E-state index in [4.69, 9.17) is 15.2 Å². The van der Waals surface area contributed by atoms with Crippen LogP contribution < -0.4 is 15.8 Å². The van der Waals surface area contributed by atoms with Crippen molar-refractivity contribution in [3.8, 4) is 5.75 Å². The summed E-state index contributed by atoms with van der Waals surface area (Å²) in [5, 5.41) is 3.13. The highest BCUT2D eigenvalue weighted by Crippen LogP contribution is 2.38. The van der Waals surface area contributed by atoms with Crippen molar-refractivity contribution < 1.29 is 23.9 Å². The fourth-order valence-electron chi connectivity index (χ4n) is 3.42. The number of nitrogens with one attached hydrogen (secondary N) is 1. The number of para-hydroxylation sites is 1. The summed E-state index contributed by atoms with van der Waals surface area (Å²) in [5.41, 5.74) is 7.71. The van der Waals surface area contributed by atoms with Crippen molar-refractivity contribution in [1.29, 1.82) is 0 Å². The summed E-state index contributed by atoms with van der Waals surface area (Å²) in [6.45, 7) is 1.50. The van der Waals surface area contributed by atoms with Crippen molar-refractivity contribution in [2.75, 3.05) is 12.4 Å². The molecule has 1 aliphatic rings. The first-order valence-electron chi connectivity index (χ1n) is 9.47. The number of primary amides is 1. The molecule has 1 aromatic carbocycles. The number of esters is 1. The van der Waals surface area contributed by atoms with Gasteiger partial charge in [-0.2, -0.15) is 0 Å². The molecule has 0 radical (unpaired) electrons. The Morgan fingerprint density at radius 1 is 1.24 bits per heavy atom.